The van der Waals surface area contributed by atoms with Crippen molar-refractivity contribution in [3.05, 3.63) is 71.5 Å². The first-order valence-electron chi connectivity index (χ1n) is 7.75. The Labute approximate surface area is 180 Å². The largest absolute Gasteiger partial charge is 0.872 e. The number of aromatic carboxylic acids is 1. The molecule has 5 nitrogen and oxygen atoms in total. The molecule has 1 aliphatic heterocycles. The number of carbonyl (C=O) groups is 1. The molecule has 0 unspecified atom stereocenters. The molecule has 2 aromatic rings. The minimum absolute atomic E-state index is 0.0220. The summed E-state index contributed by atoms with van der Waals surface area (Å²) in [4.78, 5) is 23.8. The Morgan fingerprint density at radius 2 is 1.67 bits per heavy atom. The van der Waals surface area contributed by atoms with Gasteiger partial charge in [0.2, 0.25) is 0 Å². The van der Waals surface area contributed by atoms with E-state index in [9.17, 15) is 19.8 Å². The van der Waals surface area contributed by atoms with Gasteiger partial charge in [-0.25, -0.2) is 0 Å². The van der Waals surface area contributed by atoms with Crippen molar-refractivity contribution in [3.8, 4) is 28.2 Å². The molecule has 0 atom stereocenters. The van der Waals surface area contributed by atoms with Crippen LogP contribution in [0.1, 0.15) is 10.4 Å². The van der Waals surface area contributed by atoms with Crippen LogP contribution in [0, 0.1) is 7.14 Å². The zero-order valence-electron chi connectivity index (χ0n) is 13.4. The highest BCUT2D eigenvalue weighted by molar-refractivity contribution is 14.1. The van der Waals surface area contributed by atoms with E-state index in [1.165, 1.54) is 18.2 Å². The number of benzene rings is 3. The van der Waals surface area contributed by atoms with Crippen LogP contribution >= 0.6 is 45.2 Å². The average Bonchev–Trinajstić information content (AvgIpc) is 2.66. The Bertz CT molecular complexity index is 1260. The number of carbonyl (C=O) groups excluding carboxylic acids is 1. The van der Waals surface area contributed by atoms with Gasteiger partial charge in [-0.1, -0.05) is 42.1 Å². The number of halogens is 2. The molecule has 27 heavy (non-hydrogen) atoms. The molecule has 0 bridgehead atoms. The summed E-state index contributed by atoms with van der Waals surface area (Å²) in [5, 5.41) is 24.4. The zero-order valence-corrected chi connectivity index (χ0v) is 17.7. The first-order valence-corrected chi connectivity index (χ1v) is 9.91. The topological polar surface area (TPSA) is 93.4 Å². The normalized spacial score (nSPS) is 11.2. The van der Waals surface area contributed by atoms with Gasteiger partial charge >= 0.3 is 0 Å². The maximum absolute atomic E-state index is 12.1. The summed E-state index contributed by atoms with van der Waals surface area (Å²) in [6.45, 7) is 0. The Balaban J connectivity index is 2.29. The lowest BCUT2D eigenvalue weighted by Crippen LogP contribution is -2.23. The third kappa shape index (κ3) is 2.89. The van der Waals surface area contributed by atoms with Crippen LogP contribution in [0.5, 0.6) is 5.75 Å². The summed E-state index contributed by atoms with van der Waals surface area (Å²) in [5.74, 6) is -1.20. The highest BCUT2D eigenvalue weighted by Gasteiger charge is 2.23. The van der Waals surface area contributed by atoms with Crippen molar-refractivity contribution < 1.29 is 19.4 Å². The molecule has 0 aromatic heterocycles. The lowest BCUT2D eigenvalue weighted by Gasteiger charge is -2.20. The van der Waals surface area contributed by atoms with Gasteiger partial charge in [-0.15, -0.1) is 0 Å². The highest BCUT2D eigenvalue weighted by Crippen LogP contribution is 2.44. The lowest BCUT2D eigenvalue weighted by atomic mass is 9.91. The van der Waals surface area contributed by atoms with Crippen LogP contribution in [0.15, 0.2) is 57.7 Å². The number of hydrogen-bond donors (Lipinski definition) is 0. The van der Waals surface area contributed by atoms with Crippen molar-refractivity contribution in [2.45, 2.75) is 0 Å². The second kappa shape index (κ2) is 6.79. The molecule has 134 valence electrons. The van der Waals surface area contributed by atoms with Gasteiger partial charge < -0.3 is 19.4 Å². The fourth-order valence-corrected chi connectivity index (χ4v) is 4.25. The van der Waals surface area contributed by atoms with E-state index in [0.29, 0.717) is 40.6 Å². The number of fused-ring (bicyclic) bond motifs is 2. The lowest BCUT2D eigenvalue weighted by molar-refractivity contribution is -0.269. The summed E-state index contributed by atoms with van der Waals surface area (Å²) in [7, 11) is 0. The van der Waals surface area contributed by atoms with E-state index < -0.39 is 5.97 Å². The predicted octanol–water partition coefficient (Wildman–Crippen LogP) is 3.21. The van der Waals surface area contributed by atoms with Crippen LogP contribution in [0.25, 0.3) is 33.4 Å². The highest BCUT2D eigenvalue weighted by atomic mass is 127. The van der Waals surface area contributed by atoms with Gasteiger partial charge in [-0.05, 0) is 62.9 Å². The number of hydrogen-bond acceptors (Lipinski definition) is 5. The van der Waals surface area contributed by atoms with Crippen molar-refractivity contribution in [2.24, 2.45) is 0 Å². The fraction of sp³-hybridized carbons (Fsp3) is 0. The summed E-state index contributed by atoms with van der Waals surface area (Å²) < 4.78 is 6.69. The molecule has 1 aliphatic carbocycles. The Hall–Kier alpha value is -2.14. The van der Waals surface area contributed by atoms with Crippen LogP contribution in [-0.2, 0) is 0 Å². The van der Waals surface area contributed by atoms with Gasteiger partial charge in [0.25, 0.3) is 0 Å². The molecule has 2 aliphatic rings. The number of carboxylic acids is 1. The van der Waals surface area contributed by atoms with Gasteiger partial charge in [0.05, 0.1) is 5.97 Å². The maximum atomic E-state index is 12.1. The molecule has 4 rings (SSSR count). The van der Waals surface area contributed by atoms with Crippen molar-refractivity contribution in [1.82, 2.24) is 0 Å². The third-order valence-electron chi connectivity index (χ3n) is 4.28. The quantitative estimate of drug-likeness (QED) is 0.268. The summed E-state index contributed by atoms with van der Waals surface area (Å²) in [6.07, 6.45) is 0. The van der Waals surface area contributed by atoms with Gasteiger partial charge in [0, 0.05) is 25.6 Å². The van der Waals surface area contributed by atoms with Gasteiger partial charge in [0.1, 0.15) is 9.15 Å². The molecule has 0 saturated heterocycles. The second-order valence-corrected chi connectivity index (χ2v) is 7.98. The molecule has 0 saturated carbocycles. The number of carboxylic acid groups (broad SMARTS) is 1. The molecule has 0 N–H and O–H groups in total. The Kier molecular flexibility index (Phi) is 4.58. The van der Waals surface area contributed by atoms with Crippen molar-refractivity contribution in [2.75, 3.05) is 0 Å². The second-order valence-electron chi connectivity index (χ2n) is 5.82. The van der Waals surface area contributed by atoms with Crippen LogP contribution in [0.2, 0.25) is 0 Å². The summed E-state index contributed by atoms with van der Waals surface area (Å²) in [6, 6.07) is 12.5. The molecule has 0 radical (unpaired) electrons. The molecule has 7 heteroatoms. The number of rotatable bonds is 2. The Morgan fingerprint density at radius 3 is 2.41 bits per heavy atom. The predicted molar refractivity (Wildman–Crippen MR) is 114 cm³/mol. The molecule has 0 spiro atoms. The van der Waals surface area contributed by atoms with Gasteiger partial charge in [0.15, 0.2) is 11.2 Å². The fourth-order valence-electron chi connectivity index (χ4n) is 3.09. The SMILES string of the molecule is O=C([O-])c1ccccc1-c1c2ccc(=O)c(I)c-2oc2c(I)c([O-])ccc12. The smallest absolute Gasteiger partial charge is 0.195 e. The third-order valence-corrected chi connectivity index (χ3v) is 6.33. The van der Waals surface area contributed by atoms with E-state index in [1.54, 1.807) is 30.3 Å². The van der Waals surface area contributed by atoms with Crippen molar-refractivity contribution >= 4 is 62.1 Å². The van der Waals surface area contributed by atoms with Crippen molar-refractivity contribution in [3.63, 3.8) is 0 Å². The van der Waals surface area contributed by atoms with E-state index in [2.05, 4.69) is 0 Å². The first-order chi connectivity index (χ1) is 12.9. The molecule has 0 amide bonds. The van der Waals surface area contributed by atoms with Gasteiger partial charge in [-0.3, -0.25) is 4.79 Å². The van der Waals surface area contributed by atoms with E-state index in [4.69, 9.17) is 4.42 Å². The monoisotopic (exact) mass is 582 g/mol. The molecule has 1 heterocycles. The zero-order chi connectivity index (χ0) is 19.3. The van der Waals surface area contributed by atoms with Crippen LogP contribution in [0.3, 0.4) is 0 Å². The standard InChI is InChI=1S/C20H10I2O5/c21-16-13(23)7-5-11-15(9-3-1-2-4-10(9)20(25)26)12-6-8-14(24)17(22)19(12)27-18(11)16/h1-8,23H,(H,25,26)/p-2. The van der Waals surface area contributed by atoms with E-state index in [0.717, 1.165) is 0 Å². The summed E-state index contributed by atoms with van der Waals surface area (Å²) in [5.41, 5.74) is 1.75. The van der Waals surface area contributed by atoms with Crippen LogP contribution < -0.4 is 15.6 Å². The van der Waals surface area contributed by atoms with E-state index in [1.807, 2.05) is 45.2 Å². The Morgan fingerprint density at radius 1 is 0.926 bits per heavy atom. The van der Waals surface area contributed by atoms with Crippen molar-refractivity contribution in [1.29, 1.82) is 0 Å². The van der Waals surface area contributed by atoms with E-state index >= 15 is 0 Å². The minimum Gasteiger partial charge on any atom is -0.872 e. The first kappa shape index (κ1) is 18.2. The molecule has 2 aromatic carbocycles. The van der Waals surface area contributed by atoms with Crippen LogP contribution in [0.4, 0.5) is 0 Å². The summed E-state index contributed by atoms with van der Waals surface area (Å²) >= 11 is 3.80. The van der Waals surface area contributed by atoms with E-state index in [-0.39, 0.29) is 16.7 Å². The molecular weight excluding hydrogens is 574 g/mol. The van der Waals surface area contributed by atoms with Crippen LogP contribution in [-0.4, -0.2) is 5.97 Å². The molecular formula is C20H8I2O5-2. The minimum atomic E-state index is -1.31. The average molecular weight is 582 g/mol. The van der Waals surface area contributed by atoms with Gasteiger partial charge in [-0.2, -0.15) is 0 Å². The molecule has 0 fully saturated rings. The maximum Gasteiger partial charge on any atom is 0.195 e.